The summed E-state index contributed by atoms with van der Waals surface area (Å²) in [5.41, 5.74) is 5.64. The minimum atomic E-state index is 0.0668. The maximum Gasteiger partial charge on any atom is 0.214 e. The molecule has 19 heavy (non-hydrogen) atoms. The minimum absolute atomic E-state index is 0.0668. The van der Waals surface area contributed by atoms with Crippen molar-refractivity contribution < 1.29 is 9.26 Å². The zero-order valence-corrected chi connectivity index (χ0v) is 11.9. The molecule has 102 valence electrons. The quantitative estimate of drug-likeness (QED) is 0.827. The molecule has 0 radical (unpaired) electrons. The third kappa shape index (κ3) is 3.62. The standard InChI is InChI=1S/C12H14ClN3O2S/c1-17-12-6-11(8(13)7-15-12)19-10(2-4-14)9-3-5-16-18-9/h3,5-7,10H,2,4,14H2,1H3/t10-/m1/s1. The summed E-state index contributed by atoms with van der Waals surface area (Å²) in [5.74, 6) is 1.30. The van der Waals surface area contributed by atoms with Crippen molar-refractivity contribution in [2.45, 2.75) is 16.6 Å². The zero-order chi connectivity index (χ0) is 13.7. The Morgan fingerprint density at radius 2 is 2.42 bits per heavy atom. The van der Waals surface area contributed by atoms with Crippen LogP contribution in [-0.4, -0.2) is 23.8 Å². The summed E-state index contributed by atoms with van der Waals surface area (Å²) in [7, 11) is 1.57. The molecule has 0 fully saturated rings. The molecular formula is C12H14ClN3O2S. The number of nitrogens with two attached hydrogens (primary N) is 1. The number of halogens is 1. The van der Waals surface area contributed by atoms with Gasteiger partial charge in [0.05, 0.1) is 29.8 Å². The third-order valence-corrected chi connectivity index (χ3v) is 4.23. The molecule has 0 spiro atoms. The molecule has 0 aliphatic heterocycles. The maximum absolute atomic E-state index is 6.14. The van der Waals surface area contributed by atoms with Crippen LogP contribution >= 0.6 is 23.4 Å². The molecule has 1 atom stereocenters. The average molecular weight is 300 g/mol. The number of pyridine rings is 1. The second kappa shape index (κ2) is 6.79. The van der Waals surface area contributed by atoms with Crippen molar-refractivity contribution in [2.75, 3.05) is 13.7 Å². The highest BCUT2D eigenvalue weighted by Gasteiger charge is 2.18. The van der Waals surface area contributed by atoms with E-state index in [0.29, 0.717) is 17.4 Å². The Labute approximate surface area is 120 Å². The molecule has 0 aliphatic rings. The second-order valence-corrected chi connectivity index (χ2v) is 5.41. The molecule has 2 aromatic rings. The van der Waals surface area contributed by atoms with E-state index in [1.165, 1.54) is 0 Å². The molecule has 5 nitrogen and oxygen atoms in total. The van der Waals surface area contributed by atoms with Gasteiger partial charge in [-0.3, -0.25) is 0 Å². The fourth-order valence-electron chi connectivity index (χ4n) is 1.56. The van der Waals surface area contributed by atoms with Crippen molar-refractivity contribution in [1.29, 1.82) is 0 Å². The number of ether oxygens (including phenoxy) is 1. The van der Waals surface area contributed by atoms with Gasteiger partial charge >= 0.3 is 0 Å². The van der Waals surface area contributed by atoms with E-state index in [9.17, 15) is 0 Å². The van der Waals surface area contributed by atoms with Crippen LogP contribution in [0.2, 0.25) is 5.02 Å². The predicted octanol–water partition coefficient (Wildman–Crippen LogP) is 2.91. The molecule has 0 unspecified atom stereocenters. The highest BCUT2D eigenvalue weighted by atomic mass is 35.5. The largest absolute Gasteiger partial charge is 0.481 e. The normalized spacial score (nSPS) is 12.4. The van der Waals surface area contributed by atoms with Crippen molar-refractivity contribution in [1.82, 2.24) is 10.1 Å². The van der Waals surface area contributed by atoms with E-state index >= 15 is 0 Å². The van der Waals surface area contributed by atoms with Gasteiger partial charge < -0.3 is 15.0 Å². The van der Waals surface area contributed by atoms with Crippen LogP contribution in [0.15, 0.2) is 33.9 Å². The Morgan fingerprint density at radius 3 is 3.05 bits per heavy atom. The lowest BCUT2D eigenvalue weighted by Crippen LogP contribution is -2.04. The van der Waals surface area contributed by atoms with Crippen LogP contribution in [0.3, 0.4) is 0 Å². The molecular weight excluding hydrogens is 286 g/mol. The summed E-state index contributed by atoms with van der Waals surface area (Å²) in [6, 6.07) is 3.63. The third-order valence-electron chi connectivity index (χ3n) is 2.48. The summed E-state index contributed by atoms with van der Waals surface area (Å²) in [6.45, 7) is 0.554. The molecule has 0 bridgehead atoms. The van der Waals surface area contributed by atoms with Crippen LogP contribution in [-0.2, 0) is 0 Å². The molecule has 7 heteroatoms. The van der Waals surface area contributed by atoms with E-state index in [2.05, 4.69) is 10.1 Å². The van der Waals surface area contributed by atoms with Crippen molar-refractivity contribution in [3.63, 3.8) is 0 Å². The SMILES string of the molecule is COc1cc(S[C@H](CCN)c2ccno2)c(Cl)cn1. The summed E-state index contributed by atoms with van der Waals surface area (Å²) in [4.78, 5) is 4.92. The molecule has 2 rings (SSSR count). The van der Waals surface area contributed by atoms with Gasteiger partial charge in [0.1, 0.15) is 5.76 Å². The molecule has 2 aromatic heterocycles. The van der Waals surface area contributed by atoms with Crippen LogP contribution in [0.4, 0.5) is 0 Å². The van der Waals surface area contributed by atoms with Gasteiger partial charge in [-0.1, -0.05) is 16.8 Å². The Morgan fingerprint density at radius 1 is 1.58 bits per heavy atom. The van der Waals surface area contributed by atoms with Crippen LogP contribution in [0.1, 0.15) is 17.4 Å². The monoisotopic (exact) mass is 299 g/mol. The Balaban J connectivity index is 2.21. The fraction of sp³-hybridized carbons (Fsp3) is 0.333. The maximum atomic E-state index is 6.14. The van der Waals surface area contributed by atoms with E-state index in [1.807, 2.05) is 6.07 Å². The van der Waals surface area contributed by atoms with Crippen LogP contribution in [0, 0.1) is 0 Å². The number of methoxy groups -OCH3 is 1. The number of hydrogen-bond donors (Lipinski definition) is 1. The van der Waals surface area contributed by atoms with Gasteiger partial charge in [-0.25, -0.2) is 4.98 Å². The number of rotatable bonds is 6. The molecule has 2 heterocycles. The lowest BCUT2D eigenvalue weighted by molar-refractivity contribution is 0.379. The molecule has 0 saturated heterocycles. The van der Waals surface area contributed by atoms with Crippen molar-refractivity contribution >= 4 is 23.4 Å². The summed E-state index contributed by atoms with van der Waals surface area (Å²) >= 11 is 7.70. The Kier molecular flexibility index (Phi) is 5.07. The van der Waals surface area contributed by atoms with E-state index < -0.39 is 0 Å². The topological polar surface area (TPSA) is 74.2 Å². The predicted molar refractivity (Wildman–Crippen MR) is 74.6 cm³/mol. The first-order valence-electron chi connectivity index (χ1n) is 5.71. The highest BCUT2D eigenvalue weighted by Crippen LogP contribution is 2.41. The van der Waals surface area contributed by atoms with Crippen LogP contribution in [0.5, 0.6) is 5.88 Å². The van der Waals surface area contributed by atoms with Crippen molar-refractivity contribution in [3.8, 4) is 5.88 Å². The molecule has 0 aliphatic carbocycles. The number of nitrogens with zero attached hydrogens (tertiary/aromatic N) is 2. The first kappa shape index (κ1) is 14.2. The molecule has 2 N–H and O–H groups in total. The van der Waals surface area contributed by atoms with Crippen LogP contribution in [0.25, 0.3) is 0 Å². The van der Waals surface area contributed by atoms with E-state index in [0.717, 1.165) is 17.1 Å². The fourth-order valence-corrected chi connectivity index (χ4v) is 2.93. The van der Waals surface area contributed by atoms with Gasteiger partial charge in [-0.05, 0) is 13.0 Å². The van der Waals surface area contributed by atoms with Crippen molar-refractivity contribution in [2.24, 2.45) is 5.73 Å². The summed E-state index contributed by atoms with van der Waals surface area (Å²) < 4.78 is 10.3. The van der Waals surface area contributed by atoms with E-state index in [1.54, 1.807) is 37.3 Å². The lowest BCUT2D eigenvalue weighted by atomic mass is 10.2. The van der Waals surface area contributed by atoms with E-state index in [4.69, 9.17) is 26.6 Å². The van der Waals surface area contributed by atoms with Gasteiger partial charge in [-0.15, -0.1) is 11.8 Å². The molecule has 0 saturated carbocycles. The van der Waals surface area contributed by atoms with E-state index in [-0.39, 0.29) is 5.25 Å². The average Bonchev–Trinajstić information content (AvgIpc) is 2.94. The first-order valence-corrected chi connectivity index (χ1v) is 6.97. The smallest absolute Gasteiger partial charge is 0.214 e. The minimum Gasteiger partial charge on any atom is -0.481 e. The number of aromatic nitrogens is 2. The lowest BCUT2D eigenvalue weighted by Gasteiger charge is -2.13. The zero-order valence-electron chi connectivity index (χ0n) is 10.4. The molecule has 0 amide bonds. The Bertz CT molecular complexity index is 522. The molecule has 0 aromatic carbocycles. The van der Waals surface area contributed by atoms with Gasteiger partial charge in [0.2, 0.25) is 5.88 Å². The number of hydrogen-bond acceptors (Lipinski definition) is 6. The van der Waals surface area contributed by atoms with Gasteiger partial charge in [-0.2, -0.15) is 0 Å². The summed E-state index contributed by atoms with van der Waals surface area (Å²) in [5, 5.41) is 4.37. The van der Waals surface area contributed by atoms with Crippen LogP contribution < -0.4 is 10.5 Å². The van der Waals surface area contributed by atoms with Gasteiger partial charge in [0.25, 0.3) is 0 Å². The Hall–Kier alpha value is -1.24. The first-order chi connectivity index (χ1) is 9.24. The van der Waals surface area contributed by atoms with Gasteiger partial charge in [0.15, 0.2) is 0 Å². The van der Waals surface area contributed by atoms with Gasteiger partial charge in [0, 0.05) is 17.0 Å². The van der Waals surface area contributed by atoms with Crippen molar-refractivity contribution in [3.05, 3.63) is 35.3 Å². The summed E-state index contributed by atoms with van der Waals surface area (Å²) in [6.07, 6.45) is 3.96. The number of thioether (sulfide) groups is 1. The second-order valence-electron chi connectivity index (χ2n) is 3.76. The highest BCUT2D eigenvalue weighted by molar-refractivity contribution is 7.99.